The van der Waals surface area contributed by atoms with Crippen molar-refractivity contribution >= 4 is 23.2 Å². The summed E-state index contributed by atoms with van der Waals surface area (Å²) in [6.07, 6.45) is -4.47. The molecule has 0 aliphatic heterocycles. The summed E-state index contributed by atoms with van der Waals surface area (Å²) in [7, 11) is 0. The van der Waals surface area contributed by atoms with Gasteiger partial charge in [-0.1, -0.05) is 30.2 Å². The third-order valence-corrected chi connectivity index (χ3v) is 5.43. The molecule has 0 radical (unpaired) electrons. The fourth-order valence-corrected chi connectivity index (χ4v) is 3.58. The van der Waals surface area contributed by atoms with Crippen molar-refractivity contribution in [3.8, 4) is 11.8 Å². The molecule has 9 heteroatoms. The van der Waals surface area contributed by atoms with Crippen LogP contribution < -0.4 is 5.32 Å². The molecule has 164 valence electrons. The highest BCUT2D eigenvalue weighted by Gasteiger charge is 2.29. The van der Waals surface area contributed by atoms with E-state index in [1.165, 1.54) is 12.1 Å². The van der Waals surface area contributed by atoms with Gasteiger partial charge in [0.15, 0.2) is 5.01 Å². The molecule has 0 fully saturated rings. The fraction of sp³-hybridized carbons (Fsp3) is 0.174. The van der Waals surface area contributed by atoms with Gasteiger partial charge in [-0.15, -0.1) is 11.3 Å². The quantitative estimate of drug-likeness (QED) is 0.555. The van der Waals surface area contributed by atoms with E-state index in [9.17, 15) is 22.8 Å². The number of aromatic nitrogens is 1. The molecule has 0 unspecified atom stereocenters. The molecule has 2 N–H and O–H groups in total. The maximum atomic E-state index is 12.6. The lowest BCUT2D eigenvalue weighted by atomic mass is 10.1. The third kappa shape index (κ3) is 6.18. The van der Waals surface area contributed by atoms with Crippen LogP contribution in [0.25, 0.3) is 0 Å². The summed E-state index contributed by atoms with van der Waals surface area (Å²) < 4.78 is 37.9. The summed E-state index contributed by atoms with van der Waals surface area (Å²) in [5.74, 6) is 4.51. The zero-order valence-electron chi connectivity index (χ0n) is 16.8. The van der Waals surface area contributed by atoms with Gasteiger partial charge in [-0.2, -0.15) is 13.2 Å². The smallest absolute Gasteiger partial charge is 0.416 e. The minimum absolute atomic E-state index is 0.0652. The van der Waals surface area contributed by atoms with Crippen LogP contribution in [0.2, 0.25) is 0 Å². The van der Waals surface area contributed by atoms with E-state index in [2.05, 4.69) is 22.1 Å². The summed E-state index contributed by atoms with van der Waals surface area (Å²) >= 11 is 1.12. The number of rotatable bonds is 5. The van der Waals surface area contributed by atoms with Gasteiger partial charge in [-0.25, -0.2) is 4.98 Å². The Morgan fingerprint density at radius 2 is 1.66 bits per heavy atom. The van der Waals surface area contributed by atoms with E-state index in [0.717, 1.165) is 23.5 Å². The molecule has 0 saturated carbocycles. The van der Waals surface area contributed by atoms with Gasteiger partial charge in [0.05, 0.1) is 17.7 Å². The Morgan fingerprint density at radius 3 is 2.25 bits per heavy atom. The number of nitrogens with zero attached hydrogens (tertiary/aromatic N) is 1. The predicted molar refractivity (Wildman–Crippen MR) is 113 cm³/mol. The summed E-state index contributed by atoms with van der Waals surface area (Å²) in [5, 5.41) is 11.9. The molecular formula is C23H17F3N2O3S. The lowest BCUT2D eigenvalue weighted by molar-refractivity contribution is -0.138. The van der Waals surface area contributed by atoms with Crippen molar-refractivity contribution in [2.24, 2.45) is 0 Å². The number of amides is 1. The maximum absolute atomic E-state index is 12.6. The van der Waals surface area contributed by atoms with Gasteiger partial charge < -0.3 is 10.4 Å². The number of hydrogen-bond acceptors (Lipinski definition) is 4. The van der Waals surface area contributed by atoms with Crippen LogP contribution in [-0.4, -0.2) is 22.0 Å². The Balaban J connectivity index is 1.63. The van der Waals surface area contributed by atoms with Gasteiger partial charge in [0.25, 0.3) is 5.91 Å². The van der Waals surface area contributed by atoms with Gasteiger partial charge in [0.1, 0.15) is 4.88 Å². The topological polar surface area (TPSA) is 79.3 Å². The van der Waals surface area contributed by atoms with Crippen molar-refractivity contribution in [3.05, 3.63) is 86.4 Å². The van der Waals surface area contributed by atoms with E-state index < -0.39 is 17.7 Å². The van der Waals surface area contributed by atoms with Crippen molar-refractivity contribution in [1.29, 1.82) is 0 Å². The molecule has 0 aliphatic carbocycles. The van der Waals surface area contributed by atoms with Crippen LogP contribution in [0.4, 0.5) is 13.2 Å². The first kappa shape index (κ1) is 23.0. The van der Waals surface area contributed by atoms with E-state index in [4.69, 9.17) is 5.11 Å². The Hall–Kier alpha value is -3.64. The molecule has 3 rings (SSSR count). The fourth-order valence-electron chi connectivity index (χ4n) is 2.74. The predicted octanol–water partition coefficient (Wildman–Crippen LogP) is 4.43. The number of carbonyl (C=O) groups is 2. The molecular weight excluding hydrogens is 441 g/mol. The number of halogens is 3. The number of benzene rings is 2. The first-order valence-corrected chi connectivity index (χ1v) is 10.2. The van der Waals surface area contributed by atoms with Crippen LogP contribution in [0.5, 0.6) is 0 Å². The molecule has 0 atom stereocenters. The van der Waals surface area contributed by atoms with Crippen molar-refractivity contribution in [2.75, 3.05) is 0 Å². The minimum atomic E-state index is -4.40. The number of carbonyl (C=O) groups excluding carboxylic acids is 1. The summed E-state index contributed by atoms with van der Waals surface area (Å²) in [6, 6.07) is 11.4. The first-order chi connectivity index (χ1) is 15.1. The van der Waals surface area contributed by atoms with E-state index in [-0.39, 0.29) is 18.9 Å². The van der Waals surface area contributed by atoms with Crippen molar-refractivity contribution < 1.29 is 27.9 Å². The SMILES string of the molecule is Cc1nc(C#Cc2ccc(CC(=O)O)cc2)sc1C(=O)NCc1ccc(C(F)(F)F)cc1. The molecule has 1 amide bonds. The Bertz CT molecular complexity index is 1190. The summed E-state index contributed by atoms with van der Waals surface area (Å²) in [6.45, 7) is 1.76. The second-order valence-electron chi connectivity index (χ2n) is 6.83. The number of alkyl halides is 3. The Kier molecular flexibility index (Phi) is 6.95. The van der Waals surface area contributed by atoms with E-state index in [1.807, 2.05) is 0 Å². The lowest BCUT2D eigenvalue weighted by Crippen LogP contribution is -2.22. The standard InChI is InChI=1S/C23H17F3N2O3S/c1-14-21(22(31)27-13-17-6-9-18(10-7-17)23(24,25)26)32-19(28-14)11-8-15-2-4-16(5-3-15)12-20(29)30/h2-7,9-10H,12-13H2,1H3,(H,27,31)(H,29,30). The highest BCUT2D eigenvalue weighted by molar-refractivity contribution is 7.14. The van der Waals surface area contributed by atoms with Gasteiger partial charge in [0, 0.05) is 12.1 Å². The molecule has 0 spiro atoms. The van der Waals surface area contributed by atoms with Crippen LogP contribution in [0, 0.1) is 18.8 Å². The summed E-state index contributed by atoms with van der Waals surface area (Å²) in [5.41, 5.74) is 1.65. The maximum Gasteiger partial charge on any atom is 0.416 e. The van der Waals surface area contributed by atoms with Gasteiger partial charge in [0.2, 0.25) is 0 Å². The Morgan fingerprint density at radius 1 is 1.03 bits per heavy atom. The number of aryl methyl sites for hydroxylation is 1. The van der Waals surface area contributed by atoms with Crippen LogP contribution in [0.15, 0.2) is 48.5 Å². The van der Waals surface area contributed by atoms with Crippen LogP contribution in [-0.2, 0) is 23.9 Å². The number of nitrogens with one attached hydrogen (secondary N) is 1. The average Bonchev–Trinajstić information content (AvgIpc) is 3.11. The van der Waals surface area contributed by atoms with E-state index in [0.29, 0.717) is 32.3 Å². The number of carboxylic acid groups (broad SMARTS) is 1. The zero-order valence-corrected chi connectivity index (χ0v) is 17.6. The average molecular weight is 458 g/mol. The number of hydrogen-bond donors (Lipinski definition) is 2. The molecule has 0 saturated heterocycles. The van der Waals surface area contributed by atoms with Crippen molar-refractivity contribution in [2.45, 2.75) is 26.1 Å². The zero-order chi connectivity index (χ0) is 23.3. The molecule has 2 aromatic carbocycles. The van der Waals surface area contributed by atoms with Crippen LogP contribution >= 0.6 is 11.3 Å². The van der Waals surface area contributed by atoms with Crippen molar-refractivity contribution in [1.82, 2.24) is 10.3 Å². The molecule has 1 heterocycles. The molecule has 1 aromatic heterocycles. The lowest BCUT2D eigenvalue weighted by Gasteiger charge is -2.08. The molecule has 0 aliphatic rings. The van der Waals surface area contributed by atoms with Crippen molar-refractivity contribution in [3.63, 3.8) is 0 Å². The van der Waals surface area contributed by atoms with E-state index in [1.54, 1.807) is 31.2 Å². The van der Waals surface area contributed by atoms with Crippen LogP contribution in [0.1, 0.15) is 42.6 Å². The van der Waals surface area contributed by atoms with Gasteiger partial charge in [-0.3, -0.25) is 9.59 Å². The summed E-state index contributed by atoms with van der Waals surface area (Å²) in [4.78, 5) is 27.8. The molecule has 3 aromatic rings. The third-order valence-electron chi connectivity index (χ3n) is 4.36. The number of carboxylic acids is 1. The minimum Gasteiger partial charge on any atom is -0.481 e. The largest absolute Gasteiger partial charge is 0.481 e. The highest BCUT2D eigenvalue weighted by atomic mass is 32.1. The second kappa shape index (κ2) is 9.66. The second-order valence-corrected chi connectivity index (χ2v) is 7.83. The number of aliphatic carboxylic acids is 1. The van der Waals surface area contributed by atoms with E-state index >= 15 is 0 Å². The monoisotopic (exact) mass is 458 g/mol. The molecule has 5 nitrogen and oxygen atoms in total. The first-order valence-electron chi connectivity index (χ1n) is 9.36. The molecule has 32 heavy (non-hydrogen) atoms. The Labute approximate surface area is 185 Å². The number of thiazole rings is 1. The highest BCUT2D eigenvalue weighted by Crippen LogP contribution is 2.29. The normalized spacial score (nSPS) is 10.9. The molecule has 0 bridgehead atoms. The van der Waals surface area contributed by atoms with Gasteiger partial charge in [-0.05, 0) is 48.2 Å². The van der Waals surface area contributed by atoms with Crippen LogP contribution in [0.3, 0.4) is 0 Å². The van der Waals surface area contributed by atoms with Gasteiger partial charge >= 0.3 is 12.1 Å².